The third-order valence-electron chi connectivity index (χ3n) is 15.0. The van der Waals surface area contributed by atoms with Gasteiger partial charge >= 0.3 is 0 Å². The lowest BCUT2D eigenvalue weighted by atomic mass is 9.99. The molecule has 0 spiro atoms. The molecule has 16 rings (SSSR count). The Kier molecular flexibility index (Phi) is 8.01. The summed E-state index contributed by atoms with van der Waals surface area (Å²) < 4.78 is 16.5. The number of furan rings is 1. The van der Waals surface area contributed by atoms with Crippen molar-refractivity contribution in [1.82, 2.24) is 13.7 Å². The minimum atomic E-state index is 0.872. The van der Waals surface area contributed by atoms with Gasteiger partial charge in [-0.2, -0.15) is 0 Å². The van der Waals surface area contributed by atoms with Gasteiger partial charge in [-0.05, 0) is 138 Å². The van der Waals surface area contributed by atoms with Crippen LogP contribution < -0.4 is 0 Å². The SMILES string of the molecule is c1ccc(-c2ccc3sc4ccc(-c5ccc6oc7ccc(-n8c9ccc(-n%10c%11ccccc%11c%11ccccc%11%10)cc9c9cc(-n%10c%11ccccc%11c%11ccccc%11%10)ccc98)cc7c6c5)cc4c3c2)cc1. The normalized spacial score (nSPS) is 12.2. The van der Waals surface area contributed by atoms with Crippen molar-refractivity contribution in [3.05, 3.63) is 237 Å². The molecule has 16 aromatic rings. The summed E-state index contributed by atoms with van der Waals surface area (Å²) in [5, 5.41) is 12.2. The quantitative estimate of drug-likeness (QED) is 0.169. The van der Waals surface area contributed by atoms with Crippen molar-refractivity contribution in [2.75, 3.05) is 0 Å². The molecule has 0 aliphatic heterocycles. The Labute approximate surface area is 410 Å². The van der Waals surface area contributed by atoms with Crippen LogP contribution in [0.3, 0.4) is 0 Å². The van der Waals surface area contributed by atoms with E-state index in [1.807, 2.05) is 11.3 Å². The monoisotopic (exact) mass is 921 g/mol. The Morgan fingerprint density at radius 3 is 1.08 bits per heavy atom. The van der Waals surface area contributed by atoms with Gasteiger partial charge in [0.15, 0.2) is 0 Å². The highest BCUT2D eigenvalue weighted by Crippen LogP contribution is 2.43. The first-order valence-electron chi connectivity index (χ1n) is 24.2. The molecule has 5 heteroatoms. The van der Waals surface area contributed by atoms with Crippen LogP contribution in [0.15, 0.2) is 241 Å². The van der Waals surface area contributed by atoms with E-state index in [0.717, 1.165) is 55.6 Å². The molecule has 0 fully saturated rings. The zero-order valence-electron chi connectivity index (χ0n) is 38.2. The molecule has 5 heterocycles. The Hall–Kier alpha value is -9.16. The fraction of sp³-hybridized carbons (Fsp3) is 0. The summed E-state index contributed by atoms with van der Waals surface area (Å²) in [5.41, 5.74) is 17.0. The van der Waals surface area contributed by atoms with Crippen LogP contribution in [0.5, 0.6) is 0 Å². The second kappa shape index (κ2) is 14.7. The molecule has 0 saturated heterocycles. The minimum absolute atomic E-state index is 0.872. The first-order valence-corrected chi connectivity index (χ1v) is 25.0. The van der Waals surface area contributed by atoms with Gasteiger partial charge in [-0.15, -0.1) is 11.3 Å². The maximum absolute atomic E-state index is 6.60. The number of para-hydroxylation sites is 4. The van der Waals surface area contributed by atoms with E-state index in [1.54, 1.807) is 0 Å². The van der Waals surface area contributed by atoms with Crippen LogP contribution in [0.4, 0.5) is 0 Å². The summed E-state index contributed by atoms with van der Waals surface area (Å²) in [6.07, 6.45) is 0. The molecule has 4 nitrogen and oxygen atoms in total. The highest BCUT2D eigenvalue weighted by atomic mass is 32.1. The Morgan fingerprint density at radius 1 is 0.239 bits per heavy atom. The van der Waals surface area contributed by atoms with E-state index in [2.05, 4.69) is 250 Å². The number of aromatic nitrogens is 3. The second-order valence-corrected chi connectivity index (χ2v) is 19.9. The minimum Gasteiger partial charge on any atom is -0.456 e. The standard InChI is InChI=1S/C66H39N3OS/c1-2-12-40(13-3-1)41-23-32-65-55(35-41)56-36-43(24-33-66(56)71-65)42-22-30-63-53(34-42)54-39-46(27-31-64(54)70-63)69-61-28-25-44(67-57-18-8-4-14-47(57)48-15-5-9-19-58(48)67)37-51(61)52-38-45(26-29-62(52)69)68-59-20-10-6-16-49(59)50-17-7-11-21-60(50)68/h1-39H. The molecule has 0 atom stereocenters. The molecule has 11 aromatic carbocycles. The first-order chi connectivity index (χ1) is 35.2. The molecule has 0 aliphatic rings. The zero-order chi connectivity index (χ0) is 46.3. The summed E-state index contributed by atoms with van der Waals surface area (Å²) in [7, 11) is 0. The molecule has 0 bridgehead atoms. The van der Waals surface area contributed by atoms with Crippen molar-refractivity contribution < 1.29 is 4.42 Å². The van der Waals surface area contributed by atoms with E-state index in [-0.39, 0.29) is 0 Å². The lowest BCUT2D eigenvalue weighted by Crippen LogP contribution is -1.96. The summed E-state index contributed by atoms with van der Waals surface area (Å²) in [5.74, 6) is 0. The Morgan fingerprint density at radius 2 is 0.592 bits per heavy atom. The maximum Gasteiger partial charge on any atom is 0.135 e. The van der Waals surface area contributed by atoms with Crippen LogP contribution in [-0.2, 0) is 0 Å². The topological polar surface area (TPSA) is 27.9 Å². The van der Waals surface area contributed by atoms with E-state index in [9.17, 15) is 0 Å². The third kappa shape index (κ3) is 5.66. The zero-order valence-corrected chi connectivity index (χ0v) is 39.0. The van der Waals surface area contributed by atoms with Crippen molar-refractivity contribution in [2.45, 2.75) is 0 Å². The van der Waals surface area contributed by atoms with E-state index >= 15 is 0 Å². The average Bonchev–Trinajstić information content (AvgIpc) is 4.24. The van der Waals surface area contributed by atoms with Gasteiger partial charge in [0.05, 0.1) is 33.1 Å². The van der Waals surface area contributed by atoms with Crippen molar-refractivity contribution in [3.8, 4) is 39.3 Å². The van der Waals surface area contributed by atoms with Gasteiger partial charge in [-0.25, -0.2) is 0 Å². The van der Waals surface area contributed by atoms with Gasteiger partial charge < -0.3 is 18.1 Å². The van der Waals surface area contributed by atoms with Crippen LogP contribution in [-0.4, -0.2) is 13.7 Å². The maximum atomic E-state index is 6.60. The Bertz CT molecular complexity index is 4610. The predicted molar refractivity (Wildman–Crippen MR) is 300 cm³/mol. The molecule has 0 N–H and O–H groups in total. The van der Waals surface area contributed by atoms with Gasteiger partial charge in [0, 0.05) is 80.3 Å². The summed E-state index contributed by atoms with van der Waals surface area (Å²) in [4.78, 5) is 0. The molecule has 71 heavy (non-hydrogen) atoms. The fourth-order valence-electron chi connectivity index (χ4n) is 11.8. The van der Waals surface area contributed by atoms with Crippen molar-refractivity contribution in [3.63, 3.8) is 0 Å². The number of rotatable bonds is 5. The molecule has 0 saturated carbocycles. The molecular formula is C66H39N3OS. The second-order valence-electron chi connectivity index (χ2n) is 18.9. The Balaban J connectivity index is 0.893. The number of hydrogen-bond donors (Lipinski definition) is 0. The van der Waals surface area contributed by atoms with Crippen molar-refractivity contribution >= 4 is 119 Å². The van der Waals surface area contributed by atoms with Crippen molar-refractivity contribution in [1.29, 1.82) is 0 Å². The van der Waals surface area contributed by atoms with Crippen LogP contribution in [0.1, 0.15) is 0 Å². The summed E-state index contributed by atoms with van der Waals surface area (Å²) in [6, 6.07) is 86.9. The van der Waals surface area contributed by atoms with Crippen LogP contribution in [0.25, 0.3) is 147 Å². The van der Waals surface area contributed by atoms with Gasteiger partial charge in [-0.3, -0.25) is 0 Å². The molecule has 330 valence electrons. The van der Waals surface area contributed by atoms with Gasteiger partial charge in [0.2, 0.25) is 0 Å². The van der Waals surface area contributed by atoms with Crippen LogP contribution >= 0.6 is 11.3 Å². The predicted octanol–water partition coefficient (Wildman–Crippen LogP) is 18.6. The molecule has 5 aromatic heterocycles. The van der Waals surface area contributed by atoms with E-state index in [4.69, 9.17) is 4.42 Å². The third-order valence-corrected chi connectivity index (χ3v) is 16.2. The number of nitrogens with zero attached hydrogens (tertiary/aromatic N) is 3. The van der Waals surface area contributed by atoms with E-state index < -0.39 is 0 Å². The average molecular weight is 922 g/mol. The number of fused-ring (bicyclic) bond motifs is 15. The lowest BCUT2D eigenvalue weighted by Gasteiger charge is -2.11. The molecular weight excluding hydrogens is 883 g/mol. The van der Waals surface area contributed by atoms with E-state index in [0.29, 0.717) is 0 Å². The summed E-state index contributed by atoms with van der Waals surface area (Å²) in [6.45, 7) is 0. The number of thiophene rings is 1. The number of hydrogen-bond acceptors (Lipinski definition) is 2. The van der Waals surface area contributed by atoms with Crippen molar-refractivity contribution in [2.24, 2.45) is 0 Å². The smallest absolute Gasteiger partial charge is 0.135 e. The van der Waals surface area contributed by atoms with Crippen LogP contribution in [0.2, 0.25) is 0 Å². The fourth-order valence-corrected chi connectivity index (χ4v) is 12.9. The molecule has 0 aliphatic carbocycles. The largest absolute Gasteiger partial charge is 0.456 e. The van der Waals surface area contributed by atoms with Gasteiger partial charge in [0.25, 0.3) is 0 Å². The van der Waals surface area contributed by atoms with Gasteiger partial charge in [0.1, 0.15) is 11.2 Å². The van der Waals surface area contributed by atoms with E-state index in [1.165, 1.54) is 91.2 Å². The lowest BCUT2D eigenvalue weighted by molar-refractivity contribution is 0.669. The highest BCUT2D eigenvalue weighted by molar-refractivity contribution is 7.25. The molecule has 0 radical (unpaired) electrons. The number of benzene rings is 11. The molecule has 0 unspecified atom stereocenters. The molecule has 0 amide bonds. The van der Waals surface area contributed by atoms with Gasteiger partial charge in [-0.1, -0.05) is 121 Å². The van der Waals surface area contributed by atoms with Crippen LogP contribution in [0, 0.1) is 0 Å². The highest BCUT2D eigenvalue weighted by Gasteiger charge is 2.20. The summed E-state index contributed by atoms with van der Waals surface area (Å²) >= 11 is 1.86. The first kappa shape index (κ1) is 38.8.